The van der Waals surface area contributed by atoms with E-state index in [0.717, 1.165) is 12.1 Å². The third-order valence-corrected chi connectivity index (χ3v) is 7.14. The van der Waals surface area contributed by atoms with Gasteiger partial charge in [0, 0.05) is 16.8 Å². The first-order valence-electron chi connectivity index (χ1n) is 7.35. The second kappa shape index (κ2) is 6.16. The minimum Gasteiger partial charge on any atom is -0.314 e. The second-order valence-electron chi connectivity index (χ2n) is 6.84. The molecule has 0 aliphatic heterocycles. The predicted octanol–water partition coefficient (Wildman–Crippen LogP) is 5.07. The lowest BCUT2D eigenvalue weighted by Gasteiger charge is -2.27. The molecule has 2 aromatic rings. The molecule has 0 aliphatic rings. The summed E-state index contributed by atoms with van der Waals surface area (Å²) in [6, 6.07) is 13.7. The van der Waals surface area contributed by atoms with E-state index in [1.54, 1.807) is 24.3 Å². The lowest BCUT2D eigenvalue weighted by molar-refractivity contribution is -0.137. The summed E-state index contributed by atoms with van der Waals surface area (Å²) in [5.41, 5.74) is -0.940. The van der Waals surface area contributed by atoms with Crippen LogP contribution in [0.5, 0.6) is 0 Å². The SMILES string of the molecule is CC(C)(C)C[P@](=O)(c1ccccc1)c1ccc(C(F)(F)F)cc1. The van der Waals surface area contributed by atoms with Crippen LogP contribution < -0.4 is 10.6 Å². The Morgan fingerprint density at radius 3 is 1.74 bits per heavy atom. The number of hydrogen-bond acceptors (Lipinski definition) is 1. The molecule has 0 aromatic heterocycles. The van der Waals surface area contributed by atoms with Gasteiger partial charge in [-0.2, -0.15) is 13.2 Å². The number of alkyl halides is 3. The first-order chi connectivity index (χ1) is 10.5. The van der Waals surface area contributed by atoms with Gasteiger partial charge in [-0.15, -0.1) is 0 Å². The van der Waals surface area contributed by atoms with E-state index in [0.29, 0.717) is 16.8 Å². The summed E-state index contributed by atoms with van der Waals surface area (Å²) < 4.78 is 51.9. The lowest BCUT2D eigenvalue weighted by Crippen LogP contribution is -2.25. The van der Waals surface area contributed by atoms with E-state index in [4.69, 9.17) is 0 Å². The van der Waals surface area contributed by atoms with E-state index in [-0.39, 0.29) is 5.41 Å². The van der Waals surface area contributed by atoms with Gasteiger partial charge in [-0.1, -0.05) is 63.2 Å². The third-order valence-electron chi connectivity index (χ3n) is 3.48. The van der Waals surface area contributed by atoms with Crippen LogP contribution in [0.15, 0.2) is 54.6 Å². The van der Waals surface area contributed by atoms with Crippen molar-refractivity contribution < 1.29 is 17.7 Å². The van der Waals surface area contributed by atoms with Crippen molar-refractivity contribution in [1.82, 2.24) is 0 Å². The average molecular weight is 340 g/mol. The highest BCUT2D eigenvalue weighted by Gasteiger charge is 2.34. The van der Waals surface area contributed by atoms with Crippen molar-refractivity contribution in [3.63, 3.8) is 0 Å². The zero-order valence-electron chi connectivity index (χ0n) is 13.4. The van der Waals surface area contributed by atoms with E-state index < -0.39 is 18.9 Å². The van der Waals surface area contributed by atoms with Gasteiger partial charge in [-0.05, 0) is 17.5 Å². The maximum atomic E-state index is 13.7. The first-order valence-corrected chi connectivity index (χ1v) is 9.24. The van der Waals surface area contributed by atoms with Crippen molar-refractivity contribution in [2.75, 3.05) is 6.16 Å². The van der Waals surface area contributed by atoms with Crippen molar-refractivity contribution in [1.29, 1.82) is 0 Å². The van der Waals surface area contributed by atoms with Gasteiger partial charge >= 0.3 is 6.18 Å². The lowest BCUT2D eigenvalue weighted by atomic mass is 10.0. The van der Waals surface area contributed by atoms with Gasteiger partial charge in [0.15, 0.2) is 0 Å². The van der Waals surface area contributed by atoms with E-state index in [1.165, 1.54) is 12.1 Å². The molecule has 1 atom stereocenters. The van der Waals surface area contributed by atoms with Crippen molar-refractivity contribution in [2.45, 2.75) is 26.9 Å². The Labute approximate surface area is 134 Å². The molecule has 1 nitrogen and oxygen atoms in total. The molecule has 5 heteroatoms. The number of benzene rings is 2. The van der Waals surface area contributed by atoms with Crippen molar-refractivity contribution in [3.8, 4) is 0 Å². The highest BCUT2D eigenvalue weighted by Crippen LogP contribution is 2.48. The average Bonchev–Trinajstić information content (AvgIpc) is 2.45. The summed E-state index contributed by atoms with van der Waals surface area (Å²) in [5, 5.41) is 1.14. The van der Waals surface area contributed by atoms with Gasteiger partial charge in [0.05, 0.1) is 5.56 Å². The van der Waals surface area contributed by atoms with Crippen molar-refractivity contribution >= 4 is 17.8 Å². The number of halogens is 3. The van der Waals surface area contributed by atoms with Gasteiger partial charge in [-0.25, -0.2) is 0 Å². The molecule has 0 heterocycles. The Balaban J connectivity index is 2.53. The molecule has 0 amide bonds. The molecule has 0 saturated carbocycles. The summed E-state index contributed by atoms with van der Waals surface area (Å²) in [5.74, 6) is 0. The normalized spacial score (nSPS) is 15.2. The van der Waals surface area contributed by atoms with Crippen LogP contribution in [0.25, 0.3) is 0 Å². The highest BCUT2D eigenvalue weighted by atomic mass is 31.2. The fraction of sp³-hybridized carbons (Fsp3) is 0.333. The highest BCUT2D eigenvalue weighted by molar-refractivity contribution is 7.78. The van der Waals surface area contributed by atoms with E-state index in [1.807, 2.05) is 26.8 Å². The van der Waals surface area contributed by atoms with E-state index in [9.17, 15) is 17.7 Å². The van der Waals surface area contributed by atoms with Crippen LogP contribution in [-0.2, 0) is 10.7 Å². The largest absolute Gasteiger partial charge is 0.416 e. The minimum atomic E-state index is -4.39. The molecule has 0 bridgehead atoms. The molecule has 0 fully saturated rings. The monoisotopic (exact) mass is 340 g/mol. The molecule has 23 heavy (non-hydrogen) atoms. The molecule has 124 valence electrons. The molecule has 0 saturated heterocycles. The molecule has 2 rings (SSSR count). The van der Waals surface area contributed by atoms with Gasteiger partial charge in [0.2, 0.25) is 0 Å². The smallest absolute Gasteiger partial charge is 0.314 e. The quantitative estimate of drug-likeness (QED) is 0.713. The van der Waals surface area contributed by atoms with E-state index in [2.05, 4.69) is 0 Å². The minimum absolute atomic E-state index is 0.214. The standard InChI is InChI=1S/C18H20F3OP/c1-17(2,3)13-23(22,15-7-5-4-6-8-15)16-11-9-14(10-12-16)18(19,20)21/h4-12H,13H2,1-3H3/t23-/m0/s1. The first kappa shape index (κ1) is 17.8. The number of rotatable bonds is 3. The van der Waals surface area contributed by atoms with Gasteiger partial charge in [-0.3, -0.25) is 0 Å². The van der Waals surface area contributed by atoms with Crippen LogP contribution in [0.4, 0.5) is 13.2 Å². The summed E-state index contributed by atoms with van der Waals surface area (Å²) in [6.07, 6.45) is -3.99. The Morgan fingerprint density at radius 2 is 1.30 bits per heavy atom. The molecular weight excluding hydrogens is 320 g/mol. The zero-order valence-corrected chi connectivity index (χ0v) is 14.3. The molecule has 0 spiro atoms. The van der Waals surface area contributed by atoms with Crippen LogP contribution in [0, 0.1) is 5.41 Å². The molecule has 0 aliphatic carbocycles. The Morgan fingerprint density at radius 1 is 0.826 bits per heavy atom. The molecular formula is C18H20F3OP. The zero-order chi connectivity index (χ0) is 17.3. The maximum absolute atomic E-state index is 13.7. The summed E-state index contributed by atoms with van der Waals surface area (Å²) in [7, 11) is -2.99. The van der Waals surface area contributed by atoms with Crippen LogP contribution >= 0.6 is 7.14 Å². The van der Waals surface area contributed by atoms with Gasteiger partial charge in [0.25, 0.3) is 0 Å². The van der Waals surface area contributed by atoms with Gasteiger partial charge < -0.3 is 4.57 Å². The summed E-state index contributed by atoms with van der Waals surface area (Å²) >= 11 is 0. The van der Waals surface area contributed by atoms with Crippen LogP contribution in [0.2, 0.25) is 0 Å². The summed E-state index contributed by atoms with van der Waals surface area (Å²) in [4.78, 5) is 0. The number of hydrogen-bond donors (Lipinski definition) is 0. The van der Waals surface area contributed by atoms with Crippen LogP contribution in [-0.4, -0.2) is 6.16 Å². The Hall–Kier alpha value is -1.54. The molecule has 2 aromatic carbocycles. The van der Waals surface area contributed by atoms with E-state index >= 15 is 0 Å². The fourth-order valence-corrected chi connectivity index (χ4v) is 5.84. The fourth-order valence-electron chi connectivity index (χ4n) is 2.56. The maximum Gasteiger partial charge on any atom is 0.416 e. The molecule has 0 unspecified atom stereocenters. The van der Waals surface area contributed by atoms with Gasteiger partial charge in [0.1, 0.15) is 7.14 Å². The Kier molecular flexibility index (Phi) is 4.77. The summed E-state index contributed by atoms with van der Waals surface area (Å²) in [6.45, 7) is 5.94. The molecule has 0 N–H and O–H groups in total. The van der Waals surface area contributed by atoms with Crippen molar-refractivity contribution in [2.24, 2.45) is 5.41 Å². The predicted molar refractivity (Wildman–Crippen MR) is 89.1 cm³/mol. The topological polar surface area (TPSA) is 17.1 Å². The molecule has 0 radical (unpaired) electrons. The Bertz CT molecular complexity index is 698. The third kappa shape index (κ3) is 4.26. The van der Waals surface area contributed by atoms with Crippen molar-refractivity contribution in [3.05, 3.63) is 60.2 Å². The van der Waals surface area contributed by atoms with Crippen LogP contribution in [0.1, 0.15) is 26.3 Å². The van der Waals surface area contributed by atoms with Crippen LogP contribution in [0.3, 0.4) is 0 Å². The second-order valence-corrected chi connectivity index (χ2v) is 9.67.